The molecule has 1 heterocycles. The lowest BCUT2D eigenvalue weighted by Gasteiger charge is -2.11. The van der Waals surface area contributed by atoms with Crippen molar-refractivity contribution in [1.29, 1.82) is 0 Å². The van der Waals surface area contributed by atoms with Crippen LogP contribution in [0.25, 0.3) is 0 Å². The fourth-order valence-corrected chi connectivity index (χ4v) is 1.51. The molecule has 1 aliphatic heterocycles. The van der Waals surface area contributed by atoms with Crippen molar-refractivity contribution in [2.75, 3.05) is 18.7 Å². The molecule has 1 aliphatic rings. The molecule has 0 atom stereocenters. The van der Waals surface area contributed by atoms with Gasteiger partial charge in [-0.1, -0.05) is 6.07 Å². The Kier molecular flexibility index (Phi) is 1.66. The number of nitrogens with two attached hydrogens (primary N) is 1. The van der Waals surface area contributed by atoms with E-state index in [0.717, 1.165) is 24.4 Å². The molecule has 0 radical (unpaired) electrons. The van der Waals surface area contributed by atoms with Crippen LogP contribution in [0.5, 0.6) is 5.75 Å². The van der Waals surface area contributed by atoms with Crippen molar-refractivity contribution in [3.8, 4) is 5.75 Å². The molecule has 3 heteroatoms. The van der Waals surface area contributed by atoms with Crippen LogP contribution >= 0.6 is 0 Å². The van der Waals surface area contributed by atoms with Gasteiger partial charge in [0.1, 0.15) is 5.75 Å². The molecule has 64 valence electrons. The van der Waals surface area contributed by atoms with E-state index in [9.17, 15) is 0 Å². The highest BCUT2D eigenvalue weighted by Crippen LogP contribution is 2.29. The summed E-state index contributed by atoms with van der Waals surface area (Å²) in [7, 11) is 1.66. The quantitative estimate of drug-likeness (QED) is 0.627. The molecule has 0 bridgehead atoms. The van der Waals surface area contributed by atoms with E-state index in [1.807, 2.05) is 12.1 Å². The summed E-state index contributed by atoms with van der Waals surface area (Å²) >= 11 is 0. The van der Waals surface area contributed by atoms with E-state index in [1.165, 1.54) is 5.56 Å². The number of hydrazine groups is 1. The first kappa shape index (κ1) is 7.43. The van der Waals surface area contributed by atoms with Crippen LogP contribution in [0.2, 0.25) is 0 Å². The molecule has 0 amide bonds. The Morgan fingerprint density at radius 2 is 2.33 bits per heavy atom. The van der Waals surface area contributed by atoms with Crippen LogP contribution in [0.4, 0.5) is 5.69 Å². The summed E-state index contributed by atoms with van der Waals surface area (Å²) in [5.41, 5.74) is 2.40. The van der Waals surface area contributed by atoms with Crippen molar-refractivity contribution >= 4 is 5.69 Å². The molecule has 0 unspecified atom stereocenters. The minimum absolute atomic E-state index is 0.867. The van der Waals surface area contributed by atoms with Gasteiger partial charge in [-0.3, -0.25) is 0 Å². The van der Waals surface area contributed by atoms with E-state index in [2.05, 4.69) is 6.07 Å². The second kappa shape index (κ2) is 2.68. The summed E-state index contributed by atoms with van der Waals surface area (Å²) in [5.74, 6) is 6.61. The van der Waals surface area contributed by atoms with Gasteiger partial charge >= 0.3 is 0 Å². The van der Waals surface area contributed by atoms with Crippen LogP contribution in [0.3, 0.4) is 0 Å². The number of nitrogens with zero attached hydrogens (tertiary/aromatic N) is 1. The molecule has 0 spiro atoms. The molecule has 0 saturated heterocycles. The van der Waals surface area contributed by atoms with E-state index in [-0.39, 0.29) is 0 Å². The summed E-state index contributed by atoms with van der Waals surface area (Å²) in [6, 6.07) is 6.02. The number of rotatable bonds is 1. The van der Waals surface area contributed by atoms with E-state index in [4.69, 9.17) is 10.6 Å². The van der Waals surface area contributed by atoms with E-state index < -0.39 is 0 Å². The maximum absolute atomic E-state index is 5.75. The lowest BCUT2D eigenvalue weighted by molar-refractivity contribution is 0.415. The minimum atomic E-state index is 0.867. The zero-order valence-electron chi connectivity index (χ0n) is 7.08. The lowest BCUT2D eigenvalue weighted by atomic mass is 10.1. The average Bonchev–Trinajstić information content (AvgIpc) is 2.47. The van der Waals surface area contributed by atoms with E-state index in [0.29, 0.717) is 0 Å². The Morgan fingerprint density at radius 3 is 3.08 bits per heavy atom. The number of benzene rings is 1. The molecule has 12 heavy (non-hydrogen) atoms. The number of methoxy groups -OCH3 is 1. The van der Waals surface area contributed by atoms with Crippen LogP contribution in [-0.4, -0.2) is 13.7 Å². The van der Waals surface area contributed by atoms with Crippen molar-refractivity contribution in [3.05, 3.63) is 23.8 Å². The molecule has 0 aliphatic carbocycles. The average molecular weight is 164 g/mol. The lowest BCUT2D eigenvalue weighted by Crippen LogP contribution is -2.27. The molecule has 0 saturated carbocycles. The maximum Gasteiger partial charge on any atom is 0.120 e. The minimum Gasteiger partial charge on any atom is -0.497 e. The van der Waals surface area contributed by atoms with Crippen molar-refractivity contribution in [2.45, 2.75) is 6.42 Å². The third-order valence-corrected chi connectivity index (χ3v) is 2.22. The first-order valence-corrected chi connectivity index (χ1v) is 4.00. The monoisotopic (exact) mass is 164 g/mol. The van der Waals surface area contributed by atoms with Gasteiger partial charge in [0.25, 0.3) is 0 Å². The summed E-state index contributed by atoms with van der Waals surface area (Å²) in [6.45, 7) is 0.905. The summed E-state index contributed by atoms with van der Waals surface area (Å²) in [5, 5.41) is 1.76. The van der Waals surface area contributed by atoms with Crippen LogP contribution in [0.15, 0.2) is 18.2 Å². The Hall–Kier alpha value is -1.22. The predicted molar refractivity (Wildman–Crippen MR) is 48.2 cm³/mol. The topological polar surface area (TPSA) is 38.5 Å². The number of hydrogen-bond acceptors (Lipinski definition) is 3. The third-order valence-electron chi connectivity index (χ3n) is 2.22. The van der Waals surface area contributed by atoms with E-state index >= 15 is 0 Å². The number of fused-ring (bicyclic) bond motifs is 1. The molecular formula is C9H12N2O. The van der Waals surface area contributed by atoms with Gasteiger partial charge in [0, 0.05) is 12.6 Å². The fraction of sp³-hybridized carbons (Fsp3) is 0.333. The summed E-state index contributed by atoms with van der Waals surface area (Å²) in [4.78, 5) is 0. The molecule has 2 N–H and O–H groups in total. The van der Waals surface area contributed by atoms with Gasteiger partial charge in [0.05, 0.1) is 12.8 Å². The number of anilines is 1. The van der Waals surface area contributed by atoms with Gasteiger partial charge in [-0.05, 0) is 18.1 Å². The van der Waals surface area contributed by atoms with Gasteiger partial charge in [-0.2, -0.15) is 0 Å². The molecule has 0 aromatic heterocycles. The second-order valence-electron chi connectivity index (χ2n) is 2.94. The van der Waals surface area contributed by atoms with Crippen LogP contribution in [0, 0.1) is 0 Å². The highest BCUT2D eigenvalue weighted by atomic mass is 16.5. The highest BCUT2D eigenvalue weighted by Gasteiger charge is 2.16. The van der Waals surface area contributed by atoms with Gasteiger partial charge in [0.2, 0.25) is 0 Å². The molecule has 2 rings (SSSR count). The Labute approximate surface area is 71.7 Å². The van der Waals surface area contributed by atoms with Crippen molar-refractivity contribution in [3.63, 3.8) is 0 Å². The Bertz CT molecular complexity index is 299. The summed E-state index contributed by atoms with van der Waals surface area (Å²) < 4.78 is 5.11. The van der Waals surface area contributed by atoms with Crippen molar-refractivity contribution < 1.29 is 4.74 Å². The third kappa shape index (κ3) is 1.02. The fourth-order valence-electron chi connectivity index (χ4n) is 1.51. The molecule has 0 fully saturated rings. The largest absolute Gasteiger partial charge is 0.497 e. The second-order valence-corrected chi connectivity index (χ2v) is 2.94. The van der Waals surface area contributed by atoms with Crippen molar-refractivity contribution in [1.82, 2.24) is 0 Å². The normalized spacial score (nSPS) is 14.7. The zero-order chi connectivity index (χ0) is 8.55. The number of ether oxygens (including phenoxy) is 1. The highest BCUT2D eigenvalue weighted by molar-refractivity contribution is 5.59. The van der Waals surface area contributed by atoms with Gasteiger partial charge in [-0.25, -0.2) is 5.84 Å². The van der Waals surface area contributed by atoms with E-state index in [1.54, 1.807) is 12.1 Å². The Morgan fingerprint density at radius 1 is 1.50 bits per heavy atom. The number of hydrogen-bond donors (Lipinski definition) is 1. The first-order chi connectivity index (χ1) is 5.81. The van der Waals surface area contributed by atoms with Crippen molar-refractivity contribution in [2.24, 2.45) is 5.84 Å². The van der Waals surface area contributed by atoms with Crippen LogP contribution in [-0.2, 0) is 6.42 Å². The molecule has 3 nitrogen and oxygen atoms in total. The SMILES string of the molecule is COc1ccc2c(c1)N(N)CC2. The molecule has 1 aromatic rings. The smallest absolute Gasteiger partial charge is 0.120 e. The Balaban J connectivity index is 2.43. The zero-order valence-corrected chi connectivity index (χ0v) is 7.08. The van der Waals surface area contributed by atoms with Gasteiger partial charge in [-0.15, -0.1) is 0 Å². The predicted octanol–water partition coefficient (Wildman–Crippen LogP) is 0.931. The molecular weight excluding hydrogens is 152 g/mol. The summed E-state index contributed by atoms with van der Waals surface area (Å²) in [6.07, 6.45) is 1.04. The maximum atomic E-state index is 5.75. The van der Waals surface area contributed by atoms with Gasteiger partial charge < -0.3 is 9.75 Å². The first-order valence-electron chi connectivity index (χ1n) is 4.00. The van der Waals surface area contributed by atoms with Crippen LogP contribution < -0.4 is 15.6 Å². The molecule has 1 aromatic carbocycles. The van der Waals surface area contributed by atoms with Crippen LogP contribution in [0.1, 0.15) is 5.56 Å². The standard InChI is InChI=1S/C9H12N2O/c1-12-8-3-2-7-4-5-11(10)9(7)6-8/h2-3,6H,4-5,10H2,1H3. The van der Waals surface area contributed by atoms with Gasteiger partial charge in [0.15, 0.2) is 0 Å².